The van der Waals surface area contributed by atoms with Crippen LogP contribution in [0.2, 0.25) is 5.02 Å². The van der Waals surface area contributed by atoms with Crippen LogP contribution in [0.15, 0.2) is 46.0 Å². The molecule has 0 fully saturated rings. The van der Waals surface area contributed by atoms with Gasteiger partial charge in [-0.15, -0.1) is 11.3 Å². The Morgan fingerprint density at radius 3 is 2.65 bits per heavy atom. The SMILES string of the molecule is CO[C@@H](CNS(=O)(=O)c1cccs1)c1ccccc1Cl. The molecule has 1 aromatic heterocycles. The molecule has 2 aromatic rings. The maximum atomic E-state index is 12.0. The van der Waals surface area contributed by atoms with Crippen molar-refractivity contribution in [1.29, 1.82) is 0 Å². The lowest BCUT2D eigenvalue weighted by Crippen LogP contribution is -2.28. The second-order valence-corrected chi connectivity index (χ2v) is 7.38. The topological polar surface area (TPSA) is 55.4 Å². The maximum Gasteiger partial charge on any atom is 0.250 e. The van der Waals surface area contributed by atoms with Crippen molar-refractivity contribution in [3.8, 4) is 0 Å². The molecule has 1 atom stereocenters. The molecule has 20 heavy (non-hydrogen) atoms. The van der Waals surface area contributed by atoms with E-state index in [-0.39, 0.29) is 10.8 Å². The molecule has 0 amide bonds. The molecular weight excluding hydrogens is 318 g/mol. The normalized spacial score (nSPS) is 13.3. The largest absolute Gasteiger partial charge is 0.375 e. The molecule has 0 bridgehead atoms. The number of halogens is 1. The summed E-state index contributed by atoms with van der Waals surface area (Å²) in [7, 11) is -1.98. The van der Waals surface area contributed by atoms with Crippen LogP contribution in [0.5, 0.6) is 0 Å². The molecule has 4 nitrogen and oxygen atoms in total. The van der Waals surface area contributed by atoms with E-state index in [9.17, 15) is 8.42 Å². The number of sulfonamides is 1. The summed E-state index contributed by atoms with van der Waals surface area (Å²) in [5.74, 6) is 0. The average molecular weight is 332 g/mol. The van der Waals surface area contributed by atoms with Crippen molar-refractivity contribution in [1.82, 2.24) is 4.72 Å². The van der Waals surface area contributed by atoms with Gasteiger partial charge in [-0.1, -0.05) is 35.9 Å². The molecule has 0 spiro atoms. The second-order valence-electron chi connectivity index (χ2n) is 4.03. The third-order valence-corrected chi connectivity index (χ3v) is 5.92. The van der Waals surface area contributed by atoms with Gasteiger partial charge < -0.3 is 4.74 Å². The van der Waals surface area contributed by atoms with Crippen LogP contribution in [0.1, 0.15) is 11.7 Å². The highest BCUT2D eigenvalue weighted by molar-refractivity contribution is 7.91. The number of methoxy groups -OCH3 is 1. The molecule has 0 aliphatic rings. The first-order valence-corrected chi connectivity index (χ1v) is 8.59. The molecule has 0 saturated carbocycles. The highest BCUT2D eigenvalue weighted by Crippen LogP contribution is 2.25. The fourth-order valence-corrected chi connectivity index (χ4v) is 4.06. The van der Waals surface area contributed by atoms with Crippen LogP contribution in [0, 0.1) is 0 Å². The van der Waals surface area contributed by atoms with Gasteiger partial charge in [-0.3, -0.25) is 0 Å². The van der Waals surface area contributed by atoms with Gasteiger partial charge in [0, 0.05) is 24.2 Å². The van der Waals surface area contributed by atoms with Crippen LogP contribution >= 0.6 is 22.9 Å². The summed E-state index contributed by atoms with van der Waals surface area (Å²) in [6, 6.07) is 10.5. The zero-order valence-electron chi connectivity index (χ0n) is 10.7. The quantitative estimate of drug-likeness (QED) is 0.885. The van der Waals surface area contributed by atoms with Crippen molar-refractivity contribution in [3.05, 3.63) is 52.4 Å². The van der Waals surface area contributed by atoms with E-state index < -0.39 is 16.1 Å². The Morgan fingerprint density at radius 2 is 2.05 bits per heavy atom. The zero-order chi connectivity index (χ0) is 14.6. The van der Waals surface area contributed by atoms with Gasteiger partial charge in [0.25, 0.3) is 0 Å². The summed E-state index contributed by atoms with van der Waals surface area (Å²) in [6.45, 7) is 0.125. The molecule has 0 aliphatic carbocycles. The maximum absolute atomic E-state index is 12.0. The number of hydrogen-bond donors (Lipinski definition) is 1. The molecular formula is C13H14ClNO3S2. The number of nitrogens with one attached hydrogen (secondary N) is 1. The predicted molar refractivity (Wildman–Crippen MR) is 80.7 cm³/mol. The summed E-state index contributed by atoms with van der Waals surface area (Å²) < 4.78 is 32.2. The summed E-state index contributed by atoms with van der Waals surface area (Å²) in [4.78, 5) is 0. The average Bonchev–Trinajstić information content (AvgIpc) is 2.96. The number of ether oxygens (including phenoxy) is 1. The molecule has 0 aliphatic heterocycles. The zero-order valence-corrected chi connectivity index (χ0v) is 13.1. The lowest BCUT2D eigenvalue weighted by molar-refractivity contribution is 0.107. The van der Waals surface area contributed by atoms with Crippen molar-refractivity contribution < 1.29 is 13.2 Å². The molecule has 0 unspecified atom stereocenters. The van der Waals surface area contributed by atoms with Crippen molar-refractivity contribution in [2.75, 3.05) is 13.7 Å². The van der Waals surface area contributed by atoms with E-state index in [0.29, 0.717) is 5.02 Å². The van der Waals surface area contributed by atoms with E-state index in [0.717, 1.165) is 5.56 Å². The molecule has 0 saturated heterocycles. The van der Waals surface area contributed by atoms with Gasteiger partial charge in [0.05, 0.1) is 6.10 Å². The van der Waals surface area contributed by atoms with Crippen LogP contribution in [0.25, 0.3) is 0 Å². The lowest BCUT2D eigenvalue weighted by atomic mass is 10.1. The van der Waals surface area contributed by atoms with Gasteiger partial charge in [-0.25, -0.2) is 13.1 Å². The third-order valence-electron chi connectivity index (χ3n) is 2.76. The van der Waals surface area contributed by atoms with Crippen molar-refractivity contribution in [3.63, 3.8) is 0 Å². The number of rotatable bonds is 6. The van der Waals surface area contributed by atoms with E-state index in [2.05, 4.69) is 4.72 Å². The first-order valence-electron chi connectivity index (χ1n) is 5.85. The Balaban J connectivity index is 2.11. The van der Waals surface area contributed by atoms with Crippen molar-refractivity contribution in [2.24, 2.45) is 0 Å². The van der Waals surface area contributed by atoms with Crippen LogP contribution in [-0.2, 0) is 14.8 Å². The predicted octanol–water partition coefficient (Wildman–Crippen LogP) is 3.07. The van der Waals surface area contributed by atoms with E-state index in [1.54, 1.807) is 23.6 Å². The van der Waals surface area contributed by atoms with Crippen LogP contribution in [0.3, 0.4) is 0 Å². The second kappa shape index (κ2) is 6.69. The lowest BCUT2D eigenvalue weighted by Gasteiger charge is -2.17. The first-order chi connectivity index (χ1) is 9.54. The van der Waals surface area contributed by atoms with E-state index in [1.165, 1.54) is 18.4 Å². The Hall–Kier alpha value is -0.920. The highest BCUT2D eigenvalue weighted by Gasteiger charge is 2.19. The van der Waals surface area contributed by atoms with Crippen LogP contribution in [-0.4, -0.2) is 22.1 Å². The highest BCUT2D eigenvalue weighted by atomic mass is 35.5. The summed E-state index contributed by atoms with van der Waals surface area (Å²) in [6.07, 6.45) is -0.432. The molecule has 1 N–H and O–H groups in total. The van der Waals surface area contributed by atoms with Gasteiger partial charge >= 0.3 is 0 Å². The first kappa shape index (κ1) is 15.5. The van der Waals surface area contributed by atoms with Gasteiger partial charge in [0.2, 0.25) is 10.0 Å². The Labute approximate surface area is 127 Å². The fourth-order valence-electron chi connectivity index (χ4n) is 1.73. The van der Waals surface area contributed by atoms with E-state index in [1.807, 2.05) is 18.2 Å². The molecule has 2 rings (SSSR count). The molecule has 7 heteroatoms. The van der Waals surface area contributed by atoms with Gasteiger partial charge in [0.15, 0.2) is 0 Å². The van der Waals surface area contributed by atoms with Gasteiger partial charge in [-0.2, -0.15) is 0 Å². The molecule has 1 aromatic carbocycles. The molecule has 1 heterocycles. The monoisotopic (exact) mass is 331 g/mol. The van der Waals surface area contributed by atoms with Gasteiger partial charge in [0.1, 0.15) is 4.21 Å². The Bertz CT molecular complexity index is 656. The molecule has 108 valence electrons. The van der Waals surface area contributed by atoms with Crippen molar-refractivity contribution in [2.45, 2.75) is 10.3 Å². The van der Waals surface area contributed by atoms with E-state index in [4.69, 9.17) is 16.3 Å². The van der Waals surface area contributed by atoms with Crippen LogP contribution < -0.4 is 4.72 Å². The smallest absolute Gasteiger partial charge is 0.250 e. The van der Waals surface area contributed by atoms with Crippen LogP contribution in [0.4, 0.5) is 0 Å². The summed E-state index contributed by atoms with van der Waals surface area (Å²) in [5.41, 5.74) is 0.755. The minimum Gasteiger partial charge on any atom is -0.375 e. The van der Waals surface area contributed by atoms with E-state index >= 15 is 0 Å². The van der Waals surface area contributed by atoms with Crippen molar-refractivity contribution >= 4 is 33.0 Å². The Kier molecular flexibility index (Phi) is 5.17. The standard InChI is InChI=1S/C13H14ClNO3S2/c1-18-12(10-5-2-3-6-11(10)14)9-15-20(16,17)13-7-4-8-19-13/h2-8,12,15H,9H2,1H3/t12-/m0/s1. The number of thiophene rings is 1. The fraction of sp³-hybridized carbons (Fsp3) is 0.231. The number of hydrogen-bond acceptors (Lipinski definition) is 4. The Morgan fingerprint density at radius 1 is 1.30 bits per heavy atom. The third kappa shape index (κ3) is 3.59. The minimum atomic E-state index is -3.50. The van der Waals surface area contributed by atoms with Gasteiger partial charge in [-0.05, 0) is 17.5 Å². The summed E-state index contributed by atoms with van der Waals surface area (Å²) in [5, 5.41) is 2.27. The molecule has 0 radical (unpaired) electrons. The minimum absolute atomic E-state index is 0.125. The summed E-state index contributed by atoms with van der Waals surface area (Å²) >= 11 is 7.26. The number of benzene rings is 1.